The van der Waals surface area contributed by atoms with E-state index >= 15 is 0 Å². The molecule has 0 aliphatic carbocycles. The Morgan fingerprint density at radius 1 is 1.14 bits per heavy atom. The molecule has 0 atom stereocenters. The van der Waals surface area contributed by atoms with E-state index in [4.69, 9.17) is 0 Å². The first-order chi connectivity index (χ1) is 6.68. The van der Waals surface area contributed by atoms with Crippen LogP contribution in [0.15, 0.2) is 18.0 Å². The van der Waals surface area contributed by atoms with Crippen LogP contribution in [0.5, 0.6) is 0 Å². The second-order valence-electron chi connectivity index (χ2n) is 4.78. The van der Waals surface area contributed by atoms with Crippen LogP contribution in [0.2, 0.25) is 0 Å². The van der Waals surface area contributed by atoms with Crippen LogP contribution >= 0.6 is 0 Å². The van der Waals surface area contributed by atoms with Crippen LogP contribution < -0.4 is 0 Å². The monoisotopic (exact) mass is 192 g/mol. The summed E-state index contributed by atoms with van der Waals surface area (Å²) in [6.07, 6.45) is 3.87. The van der Waals surface area contributed by atoms with Crippen LogP contribution in [-0.4, -0.2) is 43.5 Å². The molecule has 0 aromatic carbocycles. The van der Waals surface area contributed by atoms with Gasteiger partial charge in [-0.15, -0.1) is 5.73 Å². The summed E-state index contributed by atoms with van der Waals surface area (Å²) in [5, 5.41) is 0. The lowest BCUT2D eigenvalue weighted by Crippen LogP contribution is -2.38. The van der Waals surface area contributed by atoms with Gasteiger partial charge in [0.2, 0.25) is 0 Å². The summed E-state index contributed by atoms with van der Waals surface area (Å²) in [7, 11) is 4.38. The molecule has 0 unspecified atom stereocenters. The number of hydrogen-bond donors (Lipinski definition) is 0. The highest BCUT2D eigenvalue weighted by molar-refractivity contribution is 5.18. The van der Waals surface area contributed by atoms with Gasteiger partial charge in [-0.25, -0.2) is 0 Å². The van der Waals surface area contributed by atoms with Gasteiger partial charge in [-0.3, -0.25) is 0 Å². The second kappa shape index (κ2) is 3.45. The molecule has 0 radical (unpaired) electrons. The Bertz CT molecular complexity index is 268. The van der Waals surface area contributed by atoms with Crippen molar-refractivity contribution < 1.29 is 0 Å². The highest BCUT2D eigenvalue weighted by atomic mass is 15.2. The van der Waals surface area contributed by atoms with Crippen molar-refractivity contribution in [2.75, 3.05) is 33.7 Å². The van der Waals surface area contributed by atoms with Crippen LogP contribution in [0.25, 0.3) is 0 Å². The molecule has 0 aromatic heterocycles. The molecule has 0 bridgehead atoms. The predicted molar refractivity (Wildman–Crippen MR) is 59.1 cm³/mol. The molecule has 2 nitrogen and oxygen atoms in total. The molecule has 14 heavy (non-hydrogen) atoms. The van der Waals surface area contributed by atoms with Gasteiger partial charge < -0.3 is 9.80 Å². The highest BCUT2D eigenvalue weighted by Gasteiger charge is 2.42. The molecule has 0 amide bonds. The molecule has 2 rings (SSSR count). The third kappa shape index (κ3) is 1.39. The Morgan fingerprint density at radius 3 is 2.29 bits per heavy atom. The van der Waals surface area contributed by atoms with Crippen molar-refractivity contribution in [3.8, 4) is 0 Å². The van der Waals surface area contributed by atoms with Crippen molar-refractivity contribution in [3.63, 3.8) is 0 Å². The average Bonchev–Trinajstić information content (AvgIpc) is 2.49. The van der Waals surface area contributed by atoms with Gasteiger partial charge in [-0.2, -0.15) is 0 Å². The quantitative estimate of drug-likeness (QED) is 0.539. The van der Waals surface area contributed by atoms with Gasteiger partial charge in [-0.1, -0.05) is 6.58 Å². The van der Waals surface area contributed by atoms with E-state index in [1.807, 2.05) is 0 Å². The normalized spacial score (nSPS) is 27.0. The third-order valence-corrected chi connectivity index (χ3v) is 3.92. The van der Waals surface area contributed by atoms with Crippen molar-refractivity contribution in [2.24, 2.45) is 5.41 Å². The Hall–Kier alpha value is -0.720. The van der Waals surface area contributed by atoms with Crippen molar-refractivity contribution in [3.05, 3.63) is 18.0 Å². The Morgan fingerprint density at radius 2 is 1.71 bits per heavy atom. The van der Waals surface area contributed by atoms with Crippen LogP contribution in [0.4, 0.5) is 0 Å². The molecule has 78 valence electrons. The van der Waals surface area contributed by atoms with Gasteiger partial charge in [0.1, 0.15) is 0 Å². The molecule has 2 aliphatic rings. The number of allylic oxidation sites excluding steroid dienone is 1. The maximum absolute atomic E-state index is 3.84. The van der Waals surface area contributed by atoms with Gasteiger partial charge in [0.15, 0.2) is 0 Å². The standard InChI is InChI=1S/C12H20N2/c1-4-11-12(7-10-14(11)3)5-8-13(2)9-6-12/h1,5-10H2,2-3H3. The van der Waals surface area contributed by atoms with Crippen molar-refractivity contribution in [1.29, 1.82) is 0 Å². The SMILES string of the molecule is C=C=C1N(C)CCC12CCN(C)CC2. The van der Waals surface area contributed by atoms with E-state index in [0.29, 0.717) is 5.41 Å². The Labute approximate surface area is 86.9 Å². The van der Waals surface area contributed by atoms with E-state index in [2.05, 4.69) is 36.2 Å². The molecular weight excluding hydrogens is 172 g/mol. The molecule has 1 spiro atoms. The van der Waals surface area contributed by atoms with E-state index < -0.39 is 0 Å². The molecule has 0 aromatic rings. The summed E-state index contributed by atoms with van der Waals surface area (Å²) < 4.78 is 0. The lowest BCUT2D eigenvalue weighted by molar-refractivity contribution is 0.157. The van der Waals surface area contributed by atoms with E-state index in [1.165, 1.54) is 44.6 Å². The smallest absolute Gasteiger partial charge is 0.0619 e. The van der Waals surface area contributed by atoms with Crippen molar-refractivity contribution >= 4 is 0 Å². The number of hydrogen-bond acceptors (Lipinski definition) is 2. The summed E-state index contributed by atoms with van der Waals surface area (Å²) >= 11 is 0. The minimum atomic E-state index is 0.420. The number of piperidine rings is 1. The largest absolute Gasteiger partial charge is 0.371 e. The van der Waals surface area contributed by atoms with E-state index in [1.54, 1.807) is 0 Å². The number of rotatable bonds is 0. The maximum Gasteiger partial charge on any atom is 0.0619 e. The molecule has 2 fully saturated rings. The van der Waals surface area contributed by atoms with Crippen LogP contribution in [0, 0.1) is 5.41 Å². The molecular formula is C12H20N2. The molecule has 2 heteroatoms. The number of likely N-dealkylation sites (tertiary alicyclic amines) is 2. The minimum Gasteiger partial charge on any atom is -0.371 e. The number of nitrogens with zero attached hydrogens (tertiary/aromatic N) is 2. The van der Waals surface area contributed by atoms with E-state index in [0.717, 1.165) is 0 Å². The van der Waals surface area contributed by atoms with Gasteiger partial charge >= 0.3 is 0 Å². The van der Waals surface area contributed by atoms with Crippen LogP contribution in [0.3, 0.4) is 0 Å². The lowest BCUT2D eigenvalue weighted by Gasteiger charge is -2.38. The fourth-order valence-corrected chi connectivity index (χ4v) is 2.87. The van der Waals surface area contributed by atoms with Gasteiger partial charge in [0.05, 0.1) is 5.70 Å². The second-order valence-corrected chi connectivity index (χ2v) is 4.78. The average molecular weight is 192 g/mol. The topological polar surface area (TPSA) is 6.48 Å². The minimum absolute atomic E-state index is 0.420. The summed E-state index contributed by atoms with van der Waals surface area (Å²) in [4.78, 5) is 4.75. The molecule has 0 saturated carbocycles. The summed E-state index contributed by atoms with van der Waals surface area (Å²) in [6, 6.07) is 0. The molecule has 2 aliphatic heterocycles. The summed E-state index contributed by atoms with van der Waals surface area (Å²) in [6.45, 7) is 7.47. The highest BCUT2D eigenvalue weighted by Crippen LogP contribution is 2.46. The Kier molecular flexibility index (Phi) is 2.42. The zero-order chi connectivity index (χ0) is 10.2. The van der Waals surface area contributed by atoms with E-state index in [-0.39, 0.29) is 0 Å². The fourth-order valence-electron chi connectivity index (χ4n) is 2.87. The third-order valence-electron chi connectivity index (χ3n) is 3.92. The first kappa shape index (κ1) is 9.82. The first-order valence-corrected chi connectivity index (χ1v) is 5.48. The van der Waals surface area contributed by atoms with Gasteiger partial charge in [0, 0.05) is 19.0 Å². The Balaban J connectivity index is 2.20. The predicted octanol–water partition coefficient (Wildman–Crippen LogP) is 1.70. The zero-order valence-electron chi connectivity index (χ0n) is 9.34. The van der Waals surface area contributed by atoms with Crippen LogP contribution in [0.1, 0.15) is 19.3 Å². The van der Waals surface area contributed by atoms with E-state index in [9.17, 15) is 0 Å². The fraction of sp³-hybridized carbons (Fsp3) is 0.750. The molecule has 2 saturated heterocycles. The summed E-state index contributed by atoms with van der Waals surface area (Å²) in [5.41, 5.74) is 4.95. The lowest BCUT2D eigenvalue weighted by atomic mass is 9.75. The van der Waals surface area contributed by atoms with Crippen molar-refractivity contribution in [2.45, 2.75) is 19.3 Å². The van der Waals surface area contributed by atoms with Crippen molar-refractivity contribution in [1.82, 2.24) is 9.80 Å². The summed E-state index contributed by atoms with van der Waals surface area (Å²) in [5.74, 6) is 0. The zero-order valence-corrected chi connectivity index (χ0v) is 9.34. The first-order valence-electron chi connectivity index (χ1n) is 5.48. The van der Waals surface area contributed by atoms with Crippen LogP contribution in [-0.2, 0) is 0 Å². The molecule has 2 heterocycles. The van der Waals surface area contributed by atoms with Gasteiger partial charge in [0.25, 0.3) is 0 Å². The maximum atomic E-state index is 3.84. The molecule has 0 N–H and O–H groups in total. The van der Waals surface area contributed by atoms with Gasteiger partial charge in [-0.05, 0) is 39.4 Å².